The Kier molecular flexibility index (Phi) is 4.43. The van der Waals surface area contributed by atoms with Crippen LogP contribution in [-0.4, -0.2) is 29.9 Å². The smallest absolute Gasteiger partial charge is 0.123 e. The van der Waals surface area contributed by atoms with Crippen molar-refractivity contribution >= 4 is 11.6 Å². The molecule has 1 atom stereocenters. The van der Waals surface area contributed by atoms with Gasteiger partial charge in [-0.05, 0) is 55.4 Å². The average molecular weight is 310 g/mol. The van der Waals surface area contributed by atoms with Gasteiger partial charge in [0.15, 0.2) is 0 Å². The van der Waals surface area contributed by atoms with Gasteiger partial charge in [-0.15, -0.1) is 0 Å². The molecule has 1 fully saturated rings. The lowest BCUT2D eigenvalue weighted by Crippen LogP contribution is -2.53. The van der Waals surface area contributed by atoms with Crippen molar-refractivity contribution in [3.05, 3.63) is 28.8 Å². The molecule has 1 aliphatic heterocycles. The Hall–Kier alpha value is -0.770. The van der Waals surface area contributed by atoms with E-state index in [0.717, 1.165) is 42.5 Å². The minimum Gasteiger partial charge on any atom is -0.488 e. The Morgan fingerprint density at radius 2 is 2.14 bits per heavy atom. The highest BCUT2D eigenvalue weighted by molar-refractivity contribution is 6.30. The number of hydrogen-bond donors (Lipinski definition) is 2. The number of halogens is 1. The maximum Gasteiger partial charge on any atom is 0.123 e. The number of benzene rings is 1. The van der Waals surface area contributed by atoms with Crippen molar-refractivity contribution in [3.63, 3.8) is 0 Å². The monoisotopic (exact) mass is 309 g/mol. The molecule has 1 aliphatic carbocycles. The molecule has 2 N–H and O–H groups in total. The maximum absolute atomic E-state index is 9.79. The van der Waals surface area contributed by atoms with Gasteiger partial charge in [0.05, 0.1) is 6.61 Å². The second kappa shape index (κ2) is 6.15. The van der Waals surface area contributed by atoms with Crippen LogP contribution in [0.15, 0.2) is 18.2 Å². The average Bonchev–Trinajstić information content (AvgIpc) is 2.89. The normalized spacial score (nSPS) is 31.8. The van der Waals surface area contributed by atoms with Gasteiger partial charge in [0.1, 0.15) is 11.9 Å². The number of hydrogen-bond acceptors (Lipinski definition) is 3. The van der Waals surface area contributed by atoms with E-state index in [1.54, 1.807) is 0 Å². The third-order valence-electron chi connectivity index (χ3n) is 5.00. The summed E-state index contributed by atoms with van der Waals surface area (Å²) in [7, 11) is 0. The van der Waals surface area contributed by atoms with Crippen LogP contribution in [0, 0.1) is 5.92 Å². The molecule has 2 aliphatic rings. The van der Waals surface area contributed by atoms with E-state index in [4.69, 9.17) is 16.3 Å². The van der Waals surface area contributed by atoms with Crippen LogP contribution >= 0.6 is 11.6 Å². The van der Waals surface area contributed by atoms with Crippen LogP contribution in [0.4, 0.5) is 0 Å². The lowest BCUT2D eigenvalue weighted by molar-refractivity contribution is 0.0926. The first-order chi connectivity index (χ1) is 10.1. The fraction of sp³-hybridized carbons (Fsp3) is 0.647. The predicted molar refractivity (Wildman–Crippen MR) is 85.0 cm³/mol. The second-order valence-corrected chi connectivity index (χ2v) is 7.13. The summed E-state index contributed by atoms with van der Waals surface area (Å²) in [5.41, 5.74) is 1.08. The number of aliphatic hydroxyl groups excluding tert-OH is 1. The van der Waals surface area contributed by atoms with E-state index in [9.17, 15) is 5.11 Å². The van der Waals surface area contributed by atoms with Crippen molar-refractivity contribution in [2.24, 2.45) is 5.92 Å². The summed E-state index contributed by atoms with van der Waals surface area (Å²) < 4.78 is 5.96. The van der Waals surface area contributed by atoms with Crippen molar-refractivity contribution in [1.82, 2.24) is 5.32 Å². The summed E-state index contributed by atoms with van der Waals surface area (Å²) >= 11 is 6.02. The molecular weight excluding hydrogens is 286 g/mol. The highest BCUT2D eigenvalue weighted by atomic mass is 35.5. The molecule has 0 radical (unpaired) electrons. The molecule has 3 rings (SSSR count). The lowest BCUT2D eigenvalue weighted by atomic mass is 9.77. The van der Waals surface area contributed by atoms with Crippen molar-refractivity contribution in [2.75, 3.05) is 13.2 Å². The van der Waals surface area contributed by atoms with Crippen LogP contribution in [0.3, 0.4) is 0 Å². The Morgan fingerprint density at radius 1 is 1.38 bits per heavy atom. The Balaban J connectivity index is 1.56. The molecule has 0 saturated heterocycles. The van der Waals surface area contributed by atoms with E-state index in [0.29, 0.717) is 0 Å². The SMILES string of the molecule is CC1CCC(CO)(NCC2Cc3cc(Cl)ccc3O2)CC1. The van der Waals surface area contributed by atoms with Gasteiger partial charge in [0.25, 0.3) is 0 Å². The Bertz CT molecular complexity index is 498. The first-order valence-corrected chi connectivity index (χ1v) is 8.29. The minimum atomic E-state index is -0.109. The molecule has 1 unspecified atom stereocenters. The number of fused-ring (bicyclic) bond motifs is 1. The second-order valence-electron chi connectivity index (χ2n) is 6.70. The van der Waals surface area contributed by atoms with E-state index in [1.807, 2.05) is 18.2 Å². The first kappa shape index (κ1) is 15.1. The van der Waals surface area contributed by atoms with Crippen molar-refractivity contribution in [2.45, 2.75) is 50.7 Å². The van der Waals surface area contributed by atoms with E-state index >= 15 is 0 Å². The van der Waals surface area contributed by atoms with Gasteiger partial charge in [0.2, 0.25) is 0 Å². The number of rotatable bonds is 4. The molecule has 0 bridgehead atoms. The van der Waals surface area contributed by atoms with Gasteiger partial charge in [0, 0.05) is 23.5 Å². The molecule has 0 amide bonds. The molecule has 1 heterocycles. The number of ether oxygens (including phenoxy) is 1. The topological polar surface area (TPSA) is 41.5 Å². The molecule has 1 aromatic carbocycles. The van der Waals surface area contributed by atoms with Gasteiger partial charge in [-0.2, -0.15) is 0 Å². The Morgan fingerprint density at radius 3 is 2.86 bits per heavy atom. The Labute approximate surface area is 131 Å². The minimum absolute atomic E-state index is 0.109. The summed E-state index contributed by atoms with van der Waals surface area (Å²) in [5, 5.41) is 14.1. The molecule has 3 nitrogen and oxygen atoms in total. The van der Waals surface area contributed by atoms with Gasteiger partial charge in [-0.25, -0.2) is 0 Å². The third kappa shape index (κ3) is 3.36. The number of nitrogens with one attached hydrogen (secondary N) is 1. The quantitative estimate of drug-likeness (QED) is 0.897. The fourth-order valence-corrected chi connectivity index (χ4v) is 3.63. The van der Waals surface area contributed by atoms with Gasteiger partial charge >= 0.3 is 0 Å². The molecule has 4 heteroatoms. The standard InChI is InChI=1S/C17H24ClNO2/c1-12-4-6-17(11-20,7-5-12)19-10-15-9-13-8-14(18)2-3-16(13)21-15/h2-3,8,12,15,19-20H,4-7,9-11H2,1H3. The highest BCUT2D eigenvalue weighted by Gasteiger charge is 2.34. The molecule has 0 spiro atoms. The molecular formula is C17H24ClNO2. The van der Waals surface area contributed by atoms with Crippen molar-refractivity contribution in [3.8, 4) is 5.75 Å². The lowest BCUT2D eigenvalue weighted by Gasteiger charge is -2.39. The van der Waals surface area contributed by atoms with Crippen LogP contribution in [-0.2, 0) is 6.42 Å². The van der Waals surface area contributed by atoms with Crippen LogP contribution in [0.5, 0.6) is 5.75 Å². The summed E-state index contributed by atoms with van der Waals surface area (Å²) in [5.74, 6) is 1.72. The molecule has 1 aromatic rings. The van der Waals surface area contributed by atoms with Crippen LogP contribution in [0.25, 0.3) is 0 Å². The van der Waals surface area contributed by atoms with Gasteiger partial charge in [-0.3, -0.25) is 0 Å². The molecule has 21 heavy (non-hydrogen) atoms. The summed E-state index contributed by atoms with van der Waals surface area (Å²) in [6, 6.07) is 5.80. The highest BCUT2D eigenvalue weighted by Crippen LogP contribution is 2.33. The van der Waals surface area contributed by atoms with E-state index in [1.165, 1.54) is 18.4 Å². The van der Waals surface area contributed by atoms with Gasteiger partial charge < -0.3 is 15.2 Å². The summed E-state index contributed by atoms with van der Waals surface area (Å²) in [6.45, 7) is 3.29. The van der Waals surface area contributed by atoms with Crippen molar-refractivity contribution in [1.29, 1.82) is 0 Å². The van der Waals surface area contributed by atoms with Crippen molar-refractivity contribution < 1.29 is 9.84 Å². The zero-order valence-electron chi connectivity index (χ0n) is 12.6. The summed E-state index contributed by atoms with van der Waals surface area (Å²) in [4.78, 5) is 0. The fourth-order valence-electron chi connectivity index (χ4n) is 3.44. The largest absolute Gasteiger partial charge is 0.488 e. The maximum atomic E-state index is 9.79. The third-order valence-corrected chi connectivity index (χ3v) is 5.24. The molecule has 0 aromatic heterocycles. The van der Waals surface area contributed by atoms with Crippen LogP contribution < -0.4 is 10.1 Å². The zero-order valence-corrected chi connectivity index (χ0v) is 13.3. The zero-order chi connectivity index (χ0) is 14.9. The predicted octanol–water partition coefficient (Wildman–Crippen LogP) is 3.17. The van der Waals surface area contributed by atoms with Gasteiger partial charge in [-0.1, -0.05) is 18.5 Å². The molecule has 1 saturated carbocycles. The molecule has 116 valence electrons. The summed E-state index contributed by atoms with van der Waals surface area (Å²) in [6.07, 6.45) is 5.51. The first-order valence-electron chi connectivity index (χ1n) is 7.91. The number of aliphatic hydroxyl groups is 1. The van der Waals surface area contributed by atoms with E-state index in [2.05, 4.69) is 12.2 Å². The van der Waals surface area contributed by atoms with Crippen LogP contribution in [0.1, 0.15) is 38.2 Å². The van der Waals surface area contributed by atoms with E-state index in [-0.39, 0.29) is 18.2 Å². The van der Waals surface area contributed by atoms with E-state index < -0.39 is 0 Å². The van der Waals surface area contributed by atoms with Crippen LogP contribution in [0.2, 0.25) is 5.02 Å².